The maximum atomic E-state index is 11.9. The minimum absolute atomic E-state index is 0.246. The summed E-state index contributed by atoms with van der Waals surface area (Å²) in [5, 5.41) is 0. The molecular weight excluding hydrogens is 224 g/mol. The van der Waals surface area contributed by atoms with Gasteiger partial charge < -0.3 is 5.73 Å². The molecule has 0 spiro atoms. The van der Waals surface area contributed by atoms with E-state index < -0.39 is 10.0 Å². The van der Waals surface area contributed by atoms with Crippen LogP contribution in [0.1, 0.15) is 18.4 Å². The number of nitrogens with zero attached hydrogens (tertiary/aromatic N) is 1. The summed E-state index contributed by atoms with van der Waals surface area (Å²) in [7, 11) is -3.11. The fourth-order valence-electron chi connectivity index (χ4n) is 1.89. The number of anilines is 2. The number of hydrogen-bond acceptors (Lipinski definition) is 3. The number of rotatable bonds is 1. The molecule has 1 aromatic carbocycles. The number of aryl methyl sites for hydroxylation is 1. The smallest absolute Gasteiger partial charge is 0.235 e. The lowest BCUT2D eigenvalue weighted by molar-refractivity contribution is 0.574. The van der Waals surface area contributed by atoms with Crippen molar-refractivity contribution in [3.63, 3.8) is 0 Å². The number of benzene rings is 1. The third-order valence-electron chi connectivity index (χ3n) is 2.89. The molecule has 1 aliphatic rings. The molecule has 0 bridgehead atoms. The lowest BCUT2D eigenvalue weighted by Crippen LogP contribution is -2.37. The predicted molar refractivity (Wildman–Crippen MR) is 66.0 cm³/mol. The van der Waals surface area contributed by atoms with Crippen LogP contribution in [0.4, 0.5) is 11.4 Å². The van der Waals surface area contributed by atoms with Crippen molar-refractivity contribution < 1.29 is 8.42 Å². The second kappa shape index (κ2) is 3.97. The Kier molecular flexibility index (Phi) is 2.80. The van der Waals surface area contributed by atoms with Crippen LogP contribution in [0.2, 0.25) is 0 Å². The Labute approximate surface area is 96.1 Å². The third kappa shape index (κ3) is 2.00. The third-order valence-corrected chi connectivity index (χ3v) is 4.76. The highest BCUT2D eigenvalue weighted by Crippen LogP contribution is 2.26. The van der Waals surface area contributed by atoms with Crippen molar-refractivity contribution in [2.24, 2.45) is 0 Å². The minimum atomic E-state index is -3.11. The average molecular weight is 240 g/mol. The van der Waals surface area contributed by atoms with E-state index in [1.54, 1.807) is 12.1 Å². The van der Waals surface area contributed by atoms with Gasteiger partial charge in [-0.2, -0.15) is 0 Å². The van der Waals surface area contributed by atoms with Crippen LogP contribution in [-0.4, -0.2) is 20.7 Å². The van der Waals surface area contributed by atoms with Gasteiger partial charge in [-0.05, 0) is 43.5 Å². The Balaban J connectivity index is 2.39. The van der Waals surface area contributed by atoms with Crippen molar-refractivity contribution in [3.8, 4) is 0 Å². The van der Waals surface area contributed by atoms with Gasteiger partial charge in [-0.3, -0.25) is 4.31 Å². The Morgan fingerprint density at radius 2 is 2.06 bits per heavy atom. The molecule has 1 aromatic rings. The summed E-state index contributed by atoms with van der Waals surface area (Å²) < 4.78 is 25.2. The summed E-state index contributed by atoms with van der Waals surface area (Å²) in [5.74, 6) is 0.246. The van der Waals surface area contributed by atoms with E-state index in [4.69, 9.17) is 5.73 Å². The van der Waals surface area contributed by atoms with E-state index in [-0.39, 0.29) is 5.75 Å². The fraction of sp³-hybridized carbons (Fsp3) is 0.455. The van der Waals surface area contributed by atoms with Gasteiger partial charge >= 0.3 is 0 Å². The topological polar surface area (TPSA) is 63.4 Å². The largest absolute Gasteiger partial charge is 0.399 e. The second-order valence-electron chi connectivity index (χ2n) is 4.14. The molecular formula is C11H16N2O2S. The van der Waals surface area contributed by atoms with E-state index in [9.17, 15) is 8.42 Å². The first-order valence-electron chi connectivity index (χ1n) is 5.37. The van der Waals surface area contributed by atoms with Gasteiger partial charge in [0.2, 0.25) is 10.0 Å². The Hall–Kier alpha value is -1.23. The number of hydrogen-bond donors (Lipinski definition) is 1. The molecule has 2 rings (SSSR count). The predicted octanol–water partition coefficient (Wildman–Crippen LogP) is 1.51. The summed E-state index contributed by atoms with van der Waals surface area (Å²) >= 11 is 0. The van der Waals surface area contributed by atoms with Gasteiger partial charge in [-0.1, -0.05) is 0 Å². The molecule has 88 valence electrons. The number of nitrogen functional groups attached to an aromatic ring is 1. The minimum Gasteiger partial charge on any atom is -0.399 e. The molecule has 2 N–H and O–H groups in total. The van der Waals surface area contributed by atoms with Crippen LogP contribution < -0.4 is 10.0 Å². The normalized spacial score (nSPS) is 19.7. The maximum absolute atomic E-state index is 11.9. The molecule has 1 aliphatic heterocycles. The van der Waals surface area contributed by atoms with Crippen LogP contribution in [0.25, 0.3) is 0 Å². The van der Waals surface area contributed by atoms with Gasteiger partial charge in [-0.15, -0.1) is 0 Å². The van der Waals surface area contributed by atoms with E-state index in [1.807, 2.05) is 13.0 Å². The molecule has 0 radical (unpaired) electrons. The zero-order valence-corrected chi connectivity index (χ0v) is 10.1. The van der Waals surface area contributed by atoms with E-state index in [0.717, 1.165) is 24.1 Å². The van der Waals surface area contributed by atoms with Gasteiger partial charge in [0.25, 0.3) is 0 Å². The summed E-state index contributed by atoms with van der Waals surface area (Å²) in [6, 6.07) is 5.36. The van der Waals surface area contributed by atoms with E-state index >= 15 is 0 Å². The molecule has 0 aliphatic carbocycles. The Morgan fingerprint density at radius 1 is 1.31 bits per heavy atom. The molecule has 16 heavy (non-hydrogen) atoms. The van der Waals surface area contributed by atoms with E-state index in [0.29, 0.717) is 12.2 Å². The summed E-state index contributed by atoms with van der Waals surface area (Å²) in [6.45, 7) is 2.46. The monoisotopic (exact) mass is 240 g/mol. The zero-order chi connectivity index (χ0) is 11.8. The molecule has 0 aromatic heterocycles. The van der Waals surface area contributed by atoms with Crippen LogP contribution in [0, 0.1) is 6.92 Å². The highest BCUT2D eigenvalue weighted by molar-refractivity contribution is 7.92. The number of sulfonamides is 1. The second-order valence-corrected chi connectivity index (χ2v) is 6.15. The number of nitrogens with two attached hydrogens (primary N) is 1. The summed E-state index contributed by atoms with van der Waals surface area (Å²) in [6.07, 6.45) is 1.68. The molecule has 0 saturated carbocycles. The van der Waals surface area contributed by atoms with Crippen molar-refractivity contribution in [1.29, 1.82) is 0 Å². The Bertz CT molecular complexity index is 497. The molecule has 5 heteroatoms. The van der Waals surface area contributed by atoms with E-state index in [2.05, 4.69) is 0 Å². The van der Waals surface area contributed by atoms with Crippen LogP contribution in [0.3, 0.4) is 0 Å². The molecule has 1 saturated heterocycles. The highest BCUT2D eigenvalue weighted by atomic mass is 32.2. The van der Waals surface area contributed by atoms with E-state index in [1.165, 1.54) is 4.31 Å². The highest BCUT2D eigenvalue weighted by Gasteiger charge is 2.25. The first kappa shape index (κ1) is 11.3. The van der Waals surface area contributed by atoms with Crippen molar-refractivity contribution in [3.05, 3.63) is 23.8 Å². The van der Waals surface area contributed by atoms with Gasteiger partial charge in [0, 0.05) is 12.2 Å². The first-order chi connectivity index (χ1) is 7.50. The van der Waals surface area contributed by atoms with Gasteiger partial charge in [0.05, 0.1) is 11.4 Å². The Morgan fingerprint density at radius 3 is 2.69 bits per heavy atom. The quantitative estimate of drug-likeness (QED) is 0.757. The van der Waals surface area contributed by atoms with Gasteiger partial charge in [-0.25, -0.2) is 8.42 Å². The first-order valence-corrected chi connectivity index (χ1v) is 6.98. The maximum Gasteiger partial charge on any atom is 0.235 e. The summed E-state index contributed by atoms with van der Waals surface area (Å²) in [5.41, 5.74) is 8.05. The fourth-order valence-corrected chi connectivity index (χ4v) is 3.53. The van der Waals surface area contributed by atoms with Crippen LogP contribution in [-0.2, 0) is 10.0 Å². The van der Waals surface area contributed by atoms with Gasteiger partial charge in [0.1, 0.15) is 0 Å². The molecule has 1 fully saturated rings. The van der Waals surface area contributed by atoms with Crippen molar-refractivity contribution in [1.82, 2.24) is 0 Å². The molecule has 0 atom stereocenters. The molecule has 0 unspecified atom stereocenters. The van der Waals surface area contributed by atoms with Crippen molar-refractivity contribution in [2.45, 2.75) is 19.8 Å². The lowest BCUT2D eigenvalue weighted by Gasteiger charge is -2.28. The average Bonchev–Trinajstić information content (AvgIpc) is 2.22. The zero-order valence-electron chi connectivity index (χ0n) is 9.31. The molecule has 4 nitrogen and oxygen atoms in total. The molecule has 1 heterocycles. The van der Waals surface area contributed by atoms with Crippen LogP contribution in [0.15, 0.2) is 18.2 Å². The lowest BCUT2D eigenvalue weighted by atomic mass is 10.2. The van der Waals surface area contributed by atoms with Crippen molar-refractivity contribution >= 4 is 21.4 Å². The standard InChI is InChI=1S/C11H16N2O2S/c1-9-8-10(4-5-11(9)12)13-6-2-3-7-16(13,14)15/h4-5,8H,2-3,6-7,12H2,1H3. The molecule has 0 amide bonds. The summed E-state index contributed by atoms with van der Waals surface area (Å²) in [4.78, 5) is 0. The SMILES string of the molecule is Cc1cc(N2CCCCS2(=O)=O)ccc1N. The van der Waals surface area contributed by atoms with Gasteiger partial charge in [0.15, 0.2) is 0 Å². The van der Waals surface area contributed by atoms with Crippen molar-refractivity contribution in [2.75, 3.05) is 22.3 Å². The van der Waals surface area contributed by atoms with Crippen LogP contribution in [0.5, 0.6) is 0 Å². The van der Waals surface area contributed by atoms with Crippen LogP contribution >= 0.6 is 0 Å².